The van der Waals surface area contributed by atoms with Crippen LogP contribution in [0.1, 0.15) is 15.2 Å². The molecule has 0 saturated heterocycles. The molecule has 0 amide bonds. The summed E-state index contributed by atoms with van der Waals surface area (Å²) in [6.45, 7) is 0. The van der Waals surface area contributed by atoms with Crippen LogP contribution >= 0.6 is 11.3 Å². The predicted octanol–water partition coefficient (Wildman–Crippen LogP) is 2.21. The Morgan fingerprint density at radius 2 is 2.00 bits per heavy atom. The third-order valence-corrected chi connectivity index (χ3v) is 5.38. The summed E-state index contributed by atoms with van der Waals surface area (Å²) in [4.78, 5) is 11.9. The van der Waals surface area contributed by atoms with Crippen LogP contribution in [0.25, 0.3) is 0 Å². The molecule has 0 fully saturated rings. The Bertz CT molecular complexity index is 819. The molecule has 0 bridgehead atoms. The van der Waals surface area contributed by atoms with Gasteiger partial charge in [-0.15, -0.1) is 11.3 Å². The first-order valence-corrected chi connectivity index (χ1v) is 7.98. The highest BCUT2D eigenvalue weighted by Gasteiger charge is 2.20. The summed E-state index contributed by atoms with van der Waals surface area (Å²) in [5, 5.41) is 8.74. The average Bonchev–Trinajstić information content (AvgIpc) is 2.96. The summed E-state index contributed by atoms with van der Waals surface area (Å²) in [6.07, 6.45) is 0. The van der Waals surface area contributed by atoms with Gasteiger partial charge in [0.2, 0.25) is 0 Å². The molecule has 0 radical (unpaired) electrons. The van der Waals surface area contributed by atoms with Gasteiger partial charge in [-0.25, -0.2) is 13.2 Å². The number of hydrogen-bond donors (Lipinski definition) is 1. The lowest BCUT2D eigenvalue weighted by atomic mass is 10.2. The summed E-state index contributed by atoms with van der Waals surface area (Å²) < 4.78 is 31.4. The molecule has 0 aliphatic rings. The van der Waals surface area contributed by atoms with Gasteiger partial charge in [0.1, 0.15) is 15.2 Å². The summed E-state index contributed by atoms with van der Waals surface area (Å²) in [7, 11) is -2.64. The van der Waals surface area contributed by atoms with E-state index in [4.69, 9.17) is 5.26 Å². The Morgan fingerprint density at radius 3 is 2.62 bits per heavy atom. The van der Waals surface area contributed by atoms with E-state index in [0.717, 1.165) is 11.3 Å². The van der Waals surface area contributed by atoms with Crippen molar-refractivity contribution in [1.82, 2.24) is 0 Å². The summed E-state index contributed by atoms with van der Waals surface area (Å²) in [6, 6.07) is 10.8. The van der Waals surface area contributed by atoms with Gasteiger partial charge < -0.3 is 4.74 Å². The lowest BCUT2D eigenvalue weighted by Gasteiger charge is -2.10. The summed E-state index contributed by atoms with van der Waals surface area (Å²) >= 11 is 0.851. The molecule has 108 valence electrons. The van der Waals surface area contributed by atoms with E-state index in [0.29, 0.717) is 0 Å². The molecule has 8 heteroatoms. The van der Waals surface area contributed by atoms with Crippen LogP contribution < -0.4 is 4.72 Å². The topological polar surface area (TPSA) is 96.3 Å². The van der Waals surface area contributed by atoms with E-state index >= 15 is 0 Å². The van der Waals surface area contributed by atoms with Crippen LogP contribution in [0.15, 0.2) is 40.6 Å². The summed E-state index contributed by atoms with van der Waals surface area (Å²) in [5.74, 6) is -0.641. The highest BCUT2D eigenvalue weighted by atomic mass is 32.2. The van der Waals surface area contributed by atoms with E-state index in [1.807, 2.05) is 6.07 Å². The number of thiophene rings is 1. The Kier molecular flexibility index (Phi) is 4.26. The number of rotatable bonds is 4. The first kappa shape index (κ1) is 15.0. The quantitative estimate of drug-likeness (QED) is 0.871. The Hall–Kier alpha value is -2.37. The zero-order valence-corrected chi connectivity index (χ0v) is 12.5. The Labute approximate surface area is 125 Å². The number of methoxy groups -OCH3 is 1. The molecule has 1 aromatic carbocycles. The maximum atomic E-state index is 12.2. The van der Waals surface area contributed by atoms with Gasteiger partial charge in [-0.1, -0.05) is 12.1 Å². The molecule has 0 aliphatic heterocycles. The van der Waals surface area contributed by atoms with Gasteiger partial charge >= 0.3 is 5.97 Å². The number of para-hydroxylation sites is 1. The van der Waals surface area contributed by atoms with Crippen molar-refractivity contribution >= 4 is 33.0 Å². The number of hydrogen-bond acceptors (Lipinski definition) is 6. The highest BCUT2D eigenvalue weighted by molar-refractivity contribution is 7.94. The van der Waals surface area contributed by atoms with E-state index in [1.54, 1.807) is 12.1 Å². The van der Waals surface area contributed by atoms with Crippen molar-refractivity contribution in [2.75, 3.05) is 11.8 Å². The van der Waals surface area contributed by atoms with Crippen LogP contribution in [0, 0.1) is 11.3 Å². The number of sulfonamides is 1. The lowest BCUT2D eigenvalue weighted by Crippen LogP contribution is -2.15. The minimum absolute atomic E-state index is 0.00119. The second-order valence-corrected chi connectivity index (χ2v) is 6.87. The minimum atomic E-state index is -3.86. The predicted molar refractivity (Wildman–Crippen MR) is 77.6 cm³/mol. The molecule has 0 atom stereocenters. The van der Waals surface area contributed by atoms with Crippen molar-refractivity contribution in [3.8, 4) is 6.07 Å². The Balaban J connectivity index is 2.38. The standard InChI is InChI=1S/C13H10N2O4S2/c1-19-13(16)10-4-2-3-5-11(10)15-21(17,18)12-7-6-9(8-14)20-12/h2-7,15H,1H3. The molecule has 1 aromatic heterocycles. The number of esters is 1. The summed E-state index contributed by atoms with van der Waals surface area (Å²) in [5.41, 5.74) is 0.233. The fraction of sp³-hybridized carbons (Fsp3) is 0.0769. The number of anilines is 1. The van der Waals surface area contributed by atoms with E-state index in [2.05, 4.69) is 9.46 Å². The number of carbonyl (C=O) groups is 1. The van der Waals surface area contributed by atoms with Crippen LogP contribution in [0.3, 0.4) is 0 Å². The highest BCUT2D eigenvalue weighted by Crippen LogP contribution is 2.25. The van der Waals surface area contributed by atoms with Crippen molar-refractivity contribution in [3.05, 3.63) is 46.8 Å². The van der Waals surface area contributed by atoms with Gasteiger partial charge in [-0.3, -0.25) is 4.72 Å². The number of nitriles is 1. The second-order valence-electron chi connectivity index (χ2n) is 3.87. The van der Waals surface area contributed by atoms with Crippen molar-refractivity contribution in [2.24, 2.45) is 0 Å². The zero-order valence-electron chi connectivity index (χ0n) is 10.9. The average molecular weight is 322 g/mol. The second kappa shape index (κ2) is 5.95. The maximum absolute atomic E-state index is 12.2. The monoisotopic (exact) mass is 322 g/mol. The molecule has 2 aromatic rings. The third-order valence-electron chi connectivity index (χ3n) is 2.53. The number of benzene rings is 1. The van der Waals surface area contributed by atoms with Crippen LogP contribution in [0.2, 0.25) is 0 Å². The maximum Gasteiger partial charge on any atom is 0.339 e. The molecule has 2 rings (SSSR count). The van der Waals surface area contributed by atoms with Gasteiger partial charge in [0.15, 0.2) is 0 Å². The van der Waals surface area contributed by atoms with Gasteiger partial charge in [-0.05, 0) is 24.3 Å². The van der Waals surface area contributed by atoms with Crippen molar-refractivity contribution in [2.45, 2.75) is 4.21 Å². The molecule has 1 heterocycles. The molecule has 0 unspecified atom stereocenters. The first-order chi connectivity index (χ1) is 9.97. The van der Waals surface area contributed by atoms with Gasteiger partial charge in [0, 0.05) is 0 Å². The fourth-order valence-corrected chi connectivity index (χ4v) is 3.76. The lowest BCUT2D eigenvalue weighted by molar-refractivity contribution is 0.0602. The number of ether oxygens (including phenoxy) is 1. The Morgan fingerprint density at radius 1 is 1.29 bits per heavy atom. The smallest absolute Gasteiger partial charge is 0.339 e. The fourth-order valence-electron chi connectivity index (χ4n) is 1.58. The van der Waals surface area contributed by atoms with Crippen molar-refractivity contribution in [1.29, 1.82) is 5.26 Å². The third kappa shape index (κ3) is 3.21. The zero-order chi connectivity index (χ0) is 15.5. The molecular formula is C13H10N2O4S2. The number of nitrogens with one attached hydrogen (secondary N) is 1. The molecule has 0 saturated carbocycles. The number of nitrogens with zero attached hydrogens (tertiary/aromatic N) is 1. The molecular weight excluding hydrogens is 312 g/mol. The largest absolute Gasteiger partial charge is 0.465 e. The minimum Gasteiger partial charge on any atom is -0.465 e. The molecule has 0 spiro atoms. The van der Waals surface area contributed by atoms with Crippen molar-refractivity contribution < 1.29 is 17.9 Å². The van der Waals surface area contributed by atoms with E-state index in [9.17, 15) is 13.2 Å². The van der Waals surface area contributed by atoms with Crippen LogP contribution in [0.5, 0.6) is 0 Å². The van der Waals surface area contributed by atoms with Crippen LogP contribution in [-0.4, -0.2) is 21.5 Å². The van der Waals surface area contributed by atoms with E-state index in [-0.39, 0.29) is 20.3 Å². The van der Waals surface area contributed by atoms with Crippen LogP contribution in [-0.2, 0) is 14.8 Å². The molecule has 21 heavy (non-hydrogen) atoms. The van der Waals surface area contributed by atoms with E-state index < -0.39 is 16.0 Å². The SMILES string of the molecule is COC(=O)c1ccccc1NS(=O)(=O)c1ccc(C#N)s1. The van der Waals surface area contributed by atoms with E-state index in [1.165, 1.54) is 31.4 Å². The van der Waals surface area contributed by atoms with Gasteiger partial charge in [0.25, 0.3) is 10.0 Å². The normalized spacial score (nSPS) is 10.7. The van der Waals surface area contributed by atoms with Crippen LogP contribution in [0.4, 0.5) is 5.69 Å². The van der Waals surface area contributed by atoms with Gasteiger partial charge in [0.05, 0.1) is 18.4 Å². The van der Waals surface area contributed by atoms with Gasteiger partial charge in [-0.2, -0.15) is 5.26 Å². The molecule has 6 nitrogen and oxygen atoms in total. The van der Waals surface area contributed by atoms with Crippen molar-refractivity contribution in [3.63, 3.8) is 0 Å². The first-order valence-electron chi connectivity index (χ1n) is 5.68. The molecule has 0 aliphatic carbocycles. The number of carbonyl (C=O) groups excluding carboxylic acids is 1. The molecule has 1 N–H and O–H groups in total.